The molecule has 20 heavy (non-hydrogen) atoms. The molecular weight excluding hydrogens is 278 g/mol. The number of thiazole rings is 1. The van der Waals surface area contributed by atoms with Crippen molar-refractivity contribution in [3.63, 3.8) is 0 Å². The fraction of sp³-hybridized carbons (Fsp3) is 0.308. The topological polar surface area (TPSA) is 77.3 Å². The van der Waals surface area contributed by atoms with E-state index in [2.05, 4.69) is 10.3 Å². The number of nitro groups is 1. The average Bonchev–Trinajstić information content (AvgIpc) is 2.94. The minimum atomic E-state index is -0.412. The van der Waals surface area contributed by atoms with Gasteiger partial charge in [0, 0.05) is 11.1 Å². The predicted octanol–water partition coefficient (Wildman–Crippen LogP) is 3.62. The minimum Gasteiger partial charge on any atom is -0.494 e. The molecule has 0 bridgehead atoms. The van der Waals surface area contributed by atoms with E-state index >= 15 is 0 Å². The maximum absolute atomic E-state index is 11.1. The lowest BCUT2D eigenvalue weighted by molar-refractivity contribution is -0.384. The number of hydrogen-bond acceptors (Lipinski definition) is 6. The van der Waals surface area contributed by atoms with E-state index in [0.717, 1.165) is 4.88 Å². The van der Waals surface area contributed by atoms with Gasteiger partial charge in [-0.25, -0.2) is 0 Å². The zero-order valence-corrected chi connectivity index (χ0v) is 12.0. The summed E-state index contributed by atoms with van der Waals surface area (Å²) in [5, 5.41) is 14.3. The zero-order chi connectivity index (χ0) is 14.5. The van der Waals surface area contributed by atoms with E-state index in [-0.39, 0.29) is 11.7 Å². The number of aromatic nitrogens is 1. The number of benzene rings is 1. The third-order valence-electron chi connectivity index (χ3n) is 2.73. The number of rotatable bonds is 6. The molecule has 1 atom stereocenters. The first-order valence-electron chi connectivity index (χ1n) is 6.18. The number of nitro benzene ring substituents is 1. The van der Waals surface area contributed by atoms with Crippen LogP contribution in [0.4, 0.5) is 11.4 Å². The van der Waals surface area contributed by atoms with Crippen molar-refractivity contribution in [2.45, 2.75) is 19.9 Å². The molecule has 0 radical (unpaired) electrons. The fourth-order valence-corrected chi connectivity index (χ4v) is 2.41. The lowest BCUT2D eigenvalue weighted by Crippen LogP contribution is -2.07. The van der Waals surface area contributed by atoms with Crippen molar-refractivity contribution in [2.24, 2.45) is 0 Å². The Morgan fingerprint density at radius 1 is 1.55 bits per heavy atom. The van der Waals surface area contributed by atoms with E-state index in [4.69, 9.17) is 4.74 Å². The Bertz CT molecular complexity index is 587. The van der Waals surface area contributed by atoms with Crippen LogP contribution in [0.25, 0.3) is 0 Å². The quantitative estimate of drug-likeness (QED) is 0.650. The van der Waals surface area contributed by atoms with Crippen LogP contribution in [0.2, 0.25) is 0 Å². The highest BCUT2D eigenvalue weighted by atomic mass is 32.1. The molecule has 7 heteroatoms. The number of anilines is 1. The standard InChI is InChI=1S/C13H15N3O3S/c1-3-19-10-4-5-11(12(6-10)16(17)18)15-9(2)13-7-14-8-20-13/h4-9,15H,3H2,1-2H3. The summed E-state index contributed by atoms with van der Waals surface area (Å²) in [6.45, 7) is 4.25. The van der Waals surface area contributed by atoms with E-state index in [0.29, 0.717) is 18.0 Å². The molecule has 0 aliphatic rings. The van der Waals surface area contributed by atoms with E-state index in [1.54, 1.807) is 23.8 Å². The van der Waals surface area contributed by atoms with Crippen molar-refractivity contribution >= 4 is 22.7 Å². The summed E-state index contributed by atoms with van der Waals surface area (Å²) in [5.74, 6) is 0.496. The van der Waals surface area contributed by atoms with Crippen LogP contribution in [0.5, 0.6) is 5.75 Å². The molecule has 0 aliphatic carbocycles. The van der Waals surface area contributed by atoms with Gasteiger partial charge in [0.2, 0.25) is 0 Å². The number of nitrogens with one attached hydrogen (secondary N) is 1. The van der Waals surface area contributed by atoms with Crippen molar-refractivity contribution in [3.8, 4) is 5.75 Å². The Morgan fingerprint density at radius 2 is 2.35 bits per heavy atom. The van der Waals surface area contributed by atoms with E-state index in [1.165, 1.54) is 17.4 Å². The summed E-state index contributed by atoms with van der Waals surface area (Å²) in [7, 11) is 0. The molecule has 1 N–H and O–H groups in total. The molecule has 0 amide bonds. The summed E-state index contributed by atoms with van der Waals surface area (Å²) >= 11 is 1.51. The maximum Gasteiger partial charge on any atom is 0.296 e. The highest BCUT2D eigenvalue weighted by Crippen LogP contribution is 2.32. The van der Waals surface area contributed by atoms with Crippen LogP contribution in [0.3, 0.4) is 0 Å². The second-order valence-electron chi connectivity index (χ2n) is 4.14. The molecular formula is C13H15N3O3S. The van der Waals surface area contributed by atoms with Gasteiger partial charge < -0.3 is 10.1 Å². The first kappa shape index (κ1) is 14.3. The van der Waals surface area contributed by atoms with Crippen molar-refractivity contribution in [1.29, 1.82) is 0 Å². The lowest BCUT2D eigenvalue weighted by Gasteiger charge is -2.14. The van der Waals surface area contributed by atoms with Gasteiger partial charge in [0.15, 0.2) is 0 Å². The highest BCUT2D eigenvalue weighted by Gasteiger charge is 2.18. The molecule has 0 saturated carbocycles. The molecule has 0 aliphatic heterocycles. The van der Waals surface area contributed by atoms with Gasteiger partial charge in [0.25, 0.3) is 5.69 Å². The lowest BCUT2D eigenvalue weighted by atomic mass is 10.2. The zero-order valence-electron chi connectivity index (χ0n) is 11.2. The second kappa shape index (κ2) is 6.33. The Kier molecular flexibility index (Phi) is 4.52. The number of ether oxygens (including phenoxy) is 1. The number of nitrogens with zero attached hydrogens (tertiary/aromatic N) is 2. The summed E-state index contributed by atoms with van der Waals surface area (Å²) in [6.07, 6.45) is 1.75. The summed E-state index contributed by atoms with van der Waals surface area (Å²) < 4.78 is 5.29. The number of hydrogen-bond donors (Lipinski definition) is 1. The van der Waals surface area contributed by atoms with Gasteiger partial charge in [0.1, 0.15) is 11.4 Å². The van der Waals surface area contributed by atoms with Crippen molar-refractivity contribution in [1.82, 2.24) is 4.98 Å². The Morgan fingerprint density at radius 3 is 2.95 bits per heavy atom. The fourth-order valence-electron chi connectivity index (χ4n) is 1.78. The largest absolute Gasteiger partial charge is 0.494 e. The minimum absolute atomic E-state index is 0.00677. The van der Waals surface area contributed by atoms with Gasteiger partial charge >= 0.3 is 0 Å². The molecule has 1 heterocycles. The van der Waals surface area contributed by atoms with Gasteiger partial charge in [-0.1, -0.05) is 0 Å². The first-order chi connectivity index (χ1) is 9.61. The third kappa shape index (κ3) is 3.24. The second-order valence-corrected chi connectivity index (χ2v) is 5.06. The van der Waals surface area contributed by atoms with Crippen molar-refractivity contribution < 1.29 is 9.66 Å². The SMILES string of the molecule is CCOc1ccc(NC(C)c2cncs2)c([N+](=O)[O-])c1. The Balaban J connectivity index is 2.24. The monoisotopic (exact) mass is 293 g/mol. The van der Waals surface area contributed by atoms with Gasteiger partial charge in [0.05, 0.1) is 29.1 Å². The maximum atomic E-state index is 11.1. The first-order valence-corrected chi connectivity index (χ1v) is 7.06. The van der Waals surface area contributed by atoms with Crippen molar-refractivity contribution in [3.05, 3.63) is 44.9 Å². The van der Waals surface area contributed by atoms with Gasteiger partial charge in [-0.05, 0) is 26.0 Å². The smallest absolute Gasteiger partial charge is 0.296 e. The van der Waals surface area contributed by atoms with E-state index < -0.39 is 4.92 Å². The van der Waals surface area contributed by atoms with Crippen LogP contribution >= 0.6 is 11.3 Å². The molecule has 1 unspecified atom stereocenters. The molecule has 2 aromatic rings. The Labute approximate surface area is 120 Å². The summed E-state index contributed by atoms with van der Waals surface area (Å²) in [6, 6.07) is 4.78. The normalized spacial score (nSPS) is 11.9. The molecule has 6 nitrogen and oxygen atoms in total. The Hall–Kier alpha value is -2.15. The van der Waals surface area contributed by atoms with Crippen LogP contribution in [0, 0.1) is 10.1 Å². The van der Waals surface area contributed by atoms with Crippen LogP contribution in [-0.2, 0) is 0 Å². The van der Waals surface area contributed by atoms with Crippen molar-refractivity contribution in [2.75, 3.05) is 11.9 Å². The van der Waals surface area contributed by atoms with E-state index in [1.807, 2.05) is 13.8 Å². The molecule has 106 valence electrons. The van der Waals surface area contributed by atoms with Crippen LogP contribution < -0.4 is 10.1 Å². The molecule has 0 fully saturated rings. The molecule has 2 rings (SSSR count). The molecule has 0 spiro atoms. The molecule has 0 saturated heterocycles. The van der Waals surface area contributed by atoms with Crippen LogP contribution in [-0.4, -0.2) is 16.5 Å². The van der Waals surface area contributed by atoms with Crippen LogP contribution in [0.15, 0.2) is 29.9 Å². The summed E-state index contributed by atoms with van der Waals surface area (Å²) in [4.78, 5) is 15.8. The summed E-state index contributed by atoms with van der Waals surface area (Å²) in [5.41, 5.74) is 2.21. The average molecular weight is 293 g/mol. The molecule has 1 aromatic carbocycles. The van der Waals surface area contributed by atoms with Crippen LogP contribution in [0.1, 0.15) is 24.8 Å². The highest BCUT2D eigenvalue weighted by molar-refractivity contribution is 7.09. The third-order valence-corrected chi connectivity index (χ3v) is 3.69. The van der Waals surface area contributed by atoms with E-state index in [9.17, 15) is 10.1 Å². The predicted molar refractivity (Wildman–Crippen MR) is 78.4 cm³/mol. The van der Waals surface area contributed by atoms with Gasteiger partial charge in [-0.3, -0.25) is 15.1 Å². The van der Waals surface area contributed by atoms with Gasteiger partial charge in [-0.15, -0.1) is 11.3 Å². The molecule has 1 aromatic heterocycles. The van der Waals surface area contributed by atoms with Gasteiger partial charge in [-0.2, -0.15) is 0 Å².